The summed E-state index contributed by atoms with van der Waals surface area (Å²) in [7, 11) is 0. The molecule has 0 spiro atoms. The van der Waals surface area contributed by atoms with Gasteiger partial charge in [-0.25, -0.2) is 4.39 Å². The molecule has 1 aromatic heterocycles. The maximum atomic E-state index is 14.8. The largest absolute Gasteiger partial charge is 0.420 e. The van der Waals surface area contributed by atoms with Crippen LogP contribution in [0.1, 0.15) is 28.2 Å². The van der Waals surface area contributed by atoms with E-state index in [4.69, 9.17) is 22.1 Å². The van der Waals surface area contributed by atoms with Gasteiger partial charge in [-0.05, 0) is 43.2 Å². The molecule has 0 saturated heterocycles. The Hall–Kier alpha value is -3.30. The van der Waals surface area contributed by atoms with Crippen LogP contribution in [0, 0.1) is 31.0 Å². The lowest BCUT2D eigenvalue weighted by Crippen LogP contribution is -2.21. The van der Waals surface area contributed by atoms with Gasteiger partial charge in [-0.3, -0.25) is 5.10 Å². The molecular formula is C21H16ClFN4O. The van der Waals surface area contributed by atoms with E-state index in [2.05, 4.69) is 10.2 Å². The zero-order valence-corrected chi connectivity index (χ0v) is 15.9. The molecule has 1 aliphatic rings. The van der Waals surface area contributed by atoms with Crippen molar-refractivity contribution in [3.05, 3.63) is 80.9 Å². The van der Waals surface area contributed by atoms with Crippen molar-refractivity contribution in [1.29, 1.82) is 5.26 Å². The van der Waals surface area contributed by atoms with Gasteiger partial charge in [-0.2, -0.15) is 5.26 Å². The first-order valence-corrected chi connectivity index (χ1v) is 8.97. The molecule has 3 aromatic rings. The smallest absolute Gasteiger partial charge is 0.244 e. The fraction of sp³-hybridized carbons (Fsp3) is 0.143. The Morgan fingerprint density at radius 3 is 2.68 bits per heavy atom. The number of nitriles is 1. The number of H-pyrrole nitrogens is 1. The third kappa shape index (κ3) is 2.72. The number of hydrogen-bond donors (Lipinski definition) is 2. The number of ether oxygens (including phenoxy) is 1. The number of aryl methyl sites for hydroxylation is 2. The second kappa shape index (κ2) is 6.70. The first kappa shape index (κ1) is 18.1. The number of rotatable bonds is 2. The van der Waals surface area contributed by atoms with Crippen molar-refractivity contribution in [2.24, 2.45) is 5.73 Å². The molecule has 0 bridgehead atoms. The van der Waals surface area contributed by atoms with Crippen molar-refractivity contribution in [2.75, 3.05) is 0 Å². The van der Waals surface area contributed by atoms with Crippen molar-refractivity contribution >= 4 is 11.6 Å². The van der Waals surface area contributed by atoms with Crippen LogP contribution in [0.4, 0.5) is 4.39 Å². The molecule has 0 unspecified atom stereocenters. The lowest BCUT2D eigenvalue weighted by molar-refractivity contribution is 0.378. The second-order valence-electron chi connectivity index (χ2n) is 6.68. The van der Waals surface area contributed by atoms with Crippen LogP contribution in [0.15, 0.2) is 47.9 Å². The molecule has 0 fully saturated rings. The predicted octanol–water partition coefficient (Wildman–Crippen LogP) is 4.70. The standard InChI is InChI=1S/C21H16ClFN4O/c1-10-6-7-12(8-11(10)2)19-18-16(17-14(22)4-3-5-15(17)23)13(9-24)20(25)28-21(18)27-26-19/h3-8,16H,25H2,1-2H3,(H,26,27)/t16-/m1/s1. The number of nitrogens with one attached hydrogen (secondary N) is 1. The third-order valence-corrected chi connectivity index (χ3v) is 5.35. The van der Waals surface area contributed by atoms with E-state index >= 15 is 0 Å². The summed E-state index contributed by atoms with van der Waals surface area (Å²) >= 11 is 6.33. The molecule has 28 heavy (non-hydrogen) atoms. The molecule has 1 atom stereocenters. The molecule has 5 nitrogen and oxygen atoms in total. The molecule has 7 heteroatoms. The average molecular weight is 395 g/mol. The van der Waals surface area contributed by atoms with Gasteiger partial charge in [0.15, 0.2) is 0 Å². The molecule has 2 heterocycles. The van der Waals surface area contributed by atoms with Crippen LogP contribution < -0.4 is 10.5 Å². The van der Waals surface area contributed by atoms with Crippen LogP contribution in [0.5, 0.6) is 5.88 Å². The molecule has 140 valence electrons. The summed E-state index contributed by atoms with van der Waals surface area (Å²) in [5.41, 5.74) is 10.4. The molecule has 3 N–H and O–H groups in total. The minimum absolute atomic E-state index is 0.0889. The molecular weight excluding hydrogens is 379 g/mol. The van der Waals surface area contributed by atoms with Crippen LogP contribution in [0.3, 0.4) is 0 Å². The van der Waals surface area contributed by atoms with Crippen molar-refractivity contribution < 1.29 is 9.13 Å². The molecule has 1 aliphatic heterocycles. The Morgan fingerprint density at radius 2 is 2.00 bits per heavy atom. The van der Waals surface area contributed by atoms with E-state index in [1.165, 1.54) is 12.1 Å². The van der Waals surface area contributed by atoms with Crippen LogP contribution in [-0.2, 0) is 0 Å². The quantitative estimate of drug-likeness (QED) is 0.659. The predicted molar refractivity (Wildman–Crippen MR) is 104 cm³/mol. The van der Waals surface area contributed by atoms with E-state index in [-0.39, 0.29) is 27.9 Å². The van der Waals surface area contributed by atoms with Crippen molar-refractivity contribution in [3.63, 3.8) is 0 Å². The van der Waals surface area contributed by atoms with Gasteiger partial charge in [0.25, 0.3) is 0 Å². The number of halogens is 2. The Balaban J connectivity index is 2.01. The maximum Gasteiger partial charge on any atom is 0.244 e. The second-order valence-corrected chi connectivity index (χ2v) is 7.08. The van der Waals surface area contributed by atoms with E-state index in [0.717, 1.165) is 16.7 Å². The van der Waals surface area contributed by atoms with Crippen molar-refractivity contribution in [1.82, 2.24) is 10.2 Å². The highest BCUT2D eigenvalue weighted by molar-refractivity contribution is 6.31. The van der Waals surface area contributed by atoms with E-state index in [1.54, 1.807) is 6.07 Å². The van der Waals surface area contributed by atoms with Crippen molar-refractivity contribution in [3.8, 4) is 23.2 Å². The van der Waals surface area contributed by atoms with E-state index in [0.29, 0.717) is 11.3 Å². The summed E-state index contributed by atoms with van der Waals surface area (Å²) in [5.74, 6) is -1.28. The van der Waals surface area contributed by atoms with Gasteiger partial charge >= 0.3 is 0 Å². The molecule has 4 rings (SSSR count). The third-order valence-electron chi connectivity index (χ3n) is 5.02. The van der Waals surface area contributed by atoms with Crippen molar-refractivity contribution in [2.45, 2.75) is 19.8 Å². The number of aromatic amines is 1. The van der Waals surface area contributed by atoms with Crippen LogP contribution >= 0.6 is 11.6 Å². The number of nitrogens with zero attached hydrogens (tertiary/aromatic N) is 2. The lowest BCUT2D eigenvalue weighted by atomic mass is 9.82. The molecule has 0 radical (unpaired) electrons. The van der Waals surface area contributed by atoms with Gasteiger partial charge in [-0.15, -0.1) is 5.10 Å². The summed E-state index contributed by atoms with van der Waals surface area (Å²) in [6.07, 6.45) is 0. The van der Waals surface area contributed by atoms with Crippen LogP contribution in [0.25, 0.3) is 11.3 Å². The Labute approximate surface area is 166 Å². The van der Waals surface area contributed by atoms with Gasteiger partial charge < -0.3 is 10.5 Å². The van der Waals surface area contributed by atoms with E-state index in [1.807, 2.05) is 38.1 Å². The average Bonchev–Trinajstić information content (AvgIpc) is 3.07. The molecule has 0 amide bonds. The topological polar surface area (TPSA) is 87.7 Å². The van der Waals surface area contributed by atoms with Gasteiger partial charge in [-0.1, -0.05) is 29.8 Å². The minimum Gasteiger partial charge on any atom is -0.420 e. The number of aromatic nitrogens is 2. The lowest BCUT2D eigenvalue weighted by Gasteiger charge is -2.25. The summed E-state index contributed by atoms with van der Waals surface area (Å²) in [6.45, 7) is 4.02. The Kier molecular flexibility index (Phi) is 4.33. The van der Waals surface area contributed by atoms with Crippen LogP contribution in [0.2, 0.25) is 5.02 Å². The number of hydrogen-bond acceptors (Lipinski definition) is 4. The molecule has 0 saturated carbocycles. The minimum atomic E-state index is -0.835. The highest BCUT2D eigenvalue weighted by Crippen LogP contribution is 2.47. The van der Waals surface area contributed by atoms with E-state index in [9.17, 15) is 9.65 Å². The van der Waals surface area contributed by atoms with Gasteiger partial charge in [0.05, 0.1) is 17.2 Å². The Bertz CT molecular complexity index is 1160. The van der Waals surface area contributed by atoms with Crippen LogP contribution in [-0.4, -0.2) is 10.2 Å². The normalized spacial score (nSPS) is 15.8. The number of nitrogens with two attached hydrogens (primary N) is 1. The SMILES string of the molecule is Cc1ccc(-c2[nH]nc3c2[C@@H](c2c(F)cccc2Cl)C(C#N)=C(N)O3)cc1C. The Morgan fingerprint density at radius 1 is 1.21 bits per heavy atom. The fourth-order valence-electron chi connectivity index (χ4n) is 3.44. The summed E-state index contributed by atoms with van der Waals surface area (Å²) in [4.78, 5) is 0. The zero-order valence-electron chi connectivity index (χ0n) is 15.2. The highest BCUT2D eigenvalue weighted by atomic mass is 35.5. The maximum absolute atomic E-state index is 14.8. The zero-order chi connectivity index (χ0) is 20.0. The summed E-state index contributed by atoms with van der Waals surface area (Å²) < 4.78 is 20.3. The fourth-order valence-corrected chi connectivity index (χ4v) is 3.71. The van der Waals surface area contributed by atoms with Gasteiger partial charge in [0.1, 0.15) is 17.5 Å². The molecule has 2 aromatic carbocycles. The van der Waals surface area contributed by atoms with E-state index < -0.39 is 11.7 Å². The number of allylic oxidation sites excluding steroid dienone is 1. The molecule has 0 aliphatic carbocycles. The summed E-state index contributed by atoms with van der Waals surface area (Å²) in [6, 6.07) is 12.4. The summed E-state index contributed by atoms with van der Waals surface area (Å²) in [5, 5.41) is 17.1. The monoisotopic (exact) mass is 394 g/mol. The first-order valence-electron chi connectivity index (χ1n) is 8.59. The highest BCUT2D eigenvalue weighted by Gasteiger charge is 2.38. The number of benzene rings is 2. The van der Waals surface area contributed by atoms with Gasteiger partial charge in [0, 0.05) is 16.1 Å². The number of fused-ring (bicyclic) bond motifs is 1. The van der Waals surface area contributed by atoms with Gasteiger partial charge in [0.2, 0.25) is 11.8 Å². The first-order chi connectivity index (χ1) is 13.4.